The zero-order valence-corrected chi connectivity index (χ0v) is 29.1. The SMILES string of the molecule is CCCC(C(N)=O)C1OC(c2cccc(OCCCNCCCc3ccccc3)c2OC)c2cc(Cl)ccc2N(CC(C)(C)C)C1=O. The highest BCUT2D eigenvalue weighted by Crippen LogP contribution is 2.46. The summed E-state index contributed by atoms with van der Waals surface area (Å²) in [6.45, 7) is 10.8. The van der Waals surface area contributed by atoms with Crippen LogP contribution in [0.25, 0.3) is 0 Å². The summed E-state index contributed by atoms with van der Waals surface area (Å²) in [5, 5.41) is 4.00. The van der Waals surface area contributed by atoms with Crippen molar-refractivity contribution in [3.8, 4) is 11.5 Å². The molecule has 1 aliphatic heterocycles. The second-order valence-electron chi connectivity index (χ2n) is 13.3. The van der Waals surface area contributed by atoms with Crippen LogP contribution in [0.3, 0.4) is 0 Å². The fourth-order valence-corrected chi connectivity index (χ4v) is 6.25. The van der Waals surface area contributed by atoms with Crippen LogP contribution in [0, 0.1) is 11.3 Å². The first-order valence-corrected chi connectivity index (χ1v) is 17.0. The standard InChI is InChI=1S/C38H50ClN3O5/c1-6-13-29(36(40)43)35-37(44)42(25-38(2,3)4)31-20-19-27(39)24-30(31)33(47-35)28-17-10-18-32(34(28)45-5)46-23-12-22-41-21-11-16-26-14-8-7-9-15-26/h7-10,14-15,17-20,24,29,33,35,41H,6,11-13,16,21-23,25H2,1-5H3,(H2,40,43). The second-order valence-corrected chi connectivity index (χ2v) is 13.8. The smallest absolute Gasteiger partial charge is 0.257 e. The van der Waals surface area contributed by atoms with Gasteiger partial charge in [0.05, 0.1) is 19.6 Å². The lowest BCUT2D eigenvalue weighted by Crippen LogP contribution is -2.49. The molecule has 2 amide bonds. The maximum atomic E-state index is 14.3. The summed E-state index contributed by atoms with van der Waals surface area (Å²) in [5.41, 5.74) is 9.05. The summed E-state index contributed by atoms with van der Waals surface area (Å²) in [6.07, 6.45) is 2.12. The number of hydrogen-bond acceptors (Lipinski definition) is 6. The van der Waals surface area contributed by atoms with Crippen LogP contribution in [0.15, 0.2) is 66.7 Å². The minimum atomic E-state index is -1.10. The van der Waals surface area contributed by atoms with Gasteiger partial charge in [-0.05, 0) is 74.0 Å². The molecule has 3 unspecified atom stereocenters. The highest BCUT2D eigenvalue weighted by molar-refractivity contribution is 6.30. The van der Waals surface area contributed by atoms with E-state index in [1.54, 1.807) is 18.1 Å². The molecule has 3 aromatic rings. The van der Waals surface area contributed by atoms with Gasteiger partial charge in [0.2, 0.25) is 5.91 Å². The van der Waals surface area contributed by atoms with Gasteiger partial charge in [-0.3, -0.25) is 9.59 Å². The molecular weight excluding hydrogens is 614 g/mol. The van der Waals surface area contributed by atoms with Gasteiger partial charge in [-0.1, -0.05) is 88.2 Å². The van der Waals surface area contributed by atoms with E-state index >= 15 is 0 Å². The van der Waals surface area contributed by atoms with Crippen molar-refractivity contribution in [2.45, 2.75) is 72.0 Å². The van der Waals surface area contributed by atoms with Crippen LogP contribution >= 0.6 is 11.6 Å². The number of halogens is 1. The number of carbonyl (C=O) groups excluding carboxylic acids is 2. The Kier molecular flexibility index (Phi) is 13.1. The third-order valence-electron chi connectivity index (χ3n) is 8.23. The third-order valence-corrected chi connectivity index (χ3v) is 8.47. The summed E-state index contributed by atoms with van der Waals surface area (Å²) < 4.78 is 18.9. The normalized spacial score (nSPS) is 17.1. The van der Waals surface area contributed by atoms with Crippen LogP contribution in [0.4, 0.5) is 5.69 Å². The van der Waals surface area contributed by atoms with Crippen molar-refractivity contribution in [2.24, 2.45) is 17.1 Å². The topological polar surface area (TPSA) is 103 Å². The molecule has 0 bridgehead atoms. The van der Waals surface area contributed by atoms with Gasteiger partial charge in [-0.15, -0.1) is 0 Å². The molecule has 8 nitrogen and oxygen atoms in total. The number of nitrogens with zero attached hydrogens (tertiary/aromatic N) is 1. The lowest BCUT2D eigenvalue weighted by Gasteiger charge is -2.33. The van der Waals surface area contributed by atoms with E-state index in [1.165, 1.54) is 5.56 Å². The monoisotopic (exact) mass is 663 g/mol. The number of carbonyl (C=O) groups is 2. The van der Waals surface area contributed by atoms with Gasteiger partial charge in [0.25, 0.3) is 5.91 Å². The van der Waals surface area contributed by atoms with Crippen molar-refractivity contribution in [3.05, 3.63) is 88.4 Å². The zero-order chi connectivity index (χ0) is 34.0. The van der Waals surface area contributed by atoms with Crippen LogP contribution in [-0.4, -0.2) is 51.3 Å². The molecule has 3 aromatic carbocycles. The quantitative estimate of drug-likeness (QED) is 0.158. The number of fused-ring (bicyclic) bond motifs is 1. The zero-order valence-electron chi connectivity index (χ0n) is 28.4. The number of ether oxygens (including phenoxy) is 3. The van der Waals surface area contributed by atoms with E-state index in [1.807, 2.05) is 43.3 Å². The van der Waals surface area contributed by atoms with Crippen molar-refractivity contribution in [3.63, 3.8) is 0 Å². The first kappa shape index (κ1) is 36.2. The van der Waals surface area contributed by atoms with E-state index in [9.17, 15) is 9.59 Å². The minimum absolute atomic E-state index is 0.244. The van der Waals surface area contributed by atoms with E-state index < -0.39 is 24.0 Å². The number of anilines is 1. The van der Waals surface area contributed by atoms with Crippen LogP contribution in [0.5, 0.6) is 11.5 Å². The van der Waals surface area contributed by atoms with E-state index in [-0.39, 0.29) is 11.3 Å². The molecule has 0 spiro atoms. The first-order valence-electron chi connectivity index (χ1n) is 16.6. The van der Waals surface area contributed by atoms with Crippen molar-refractivity contribution in [1.29, 1.82) is 0 Å². The first-order chi connectivity index (χ1) is 22.5. The summed E-state index contributed by atoms with van der Waals surface area (Å²) in [6, 6.07) is 21.6. The molecule has 1 aliphatic rings. The number of hydrogen-bond donors (Lipinski definition) is 2. The molecular formula is C38H50ClN3O5. The molecule has 0 saturated carbocycles. The lowest BCUT2D eigenvalue weighted by atomic mass is 9.92. The van der Waals surface area contributed by atoms with E-state index in [0.29, 0.717) is 59.3 Å². The molecule has 47 heavy (non-hydrogen) atoms. The Morgan fingerprint density at radius 1 is 1.04 bits per heavy atom. The van der Waals surface area contributed by atoms with Crippen LogP contribution < -0.4 is 25.4 Å². The average molecular weight is 664 g/mol. The Labute approximate surface area is 284 Å². The second kappa shape index (κ2) is 17.0. The molecule has 1 heterocycles. The number of para-hydroxylation sites is 1. The van der Waals surface area contributed by atoms with Gasteiger partial charge < -0.3 is 30.2 Å². The highest BCUT2D eigenvalue weighted by Gasteiger charge is 2.44. The van der Waals surface area contributed by atoms with Gasteiger partial charge in [-0.25, -0.2) is 0 Å². The molecule has 4 rings (SSSR count). The van der Waals surface area contributed by atoms with E-state index in [4.69, 9.17) is 31.5 Å². The average Bonchev–Trinajstić information content (AvgIpc) is 3.14. The van der Waals surface area contributed by atoms with Crippen molar-refractivity contribution < 1.29 is 23.8 Å². The predicted octanol–water partition coefficient (Wildman–Crippen LogP) is 7.11. The van der Waals surface area contributed by atoms with Crippen LogP contribution in [-0.2, 0) is 20.7 Å². The molecule has 0 radical (unpaired) electrons. The van der Waals surface area contributed by atoms with Gasteiger partial charge in [-0.2, -0.15) is 0 Å². The maximum Gasteiger partial charge on any atom is 0.257 e. The predicted molar refractivity (Wildman–Crippen MR) is 188 cm³/mol. The summed E-state index contributed by atoms with van der Waals surface area (Å²) in [4.78, 5) is 28.8. The lowest BCUT2D eigenvalue weighted by molar-refractivity contribution is -0.144. The van der Waals surface area contributed by atoms with Gasteiger partial charge >= 0.3 is 0 Å². The van der Waals surface area contributed by atoms with Gasteiger partial charge in [0, 0.05) is 28.4 Å². The fraction of sp³-hybridized carbons (Fsp3) is 0.474. The Bertz CT molecular complexity index is 1480. The number of benzene rings is 3. The largest absolute Gasteiger partial charge is 0.492 e. The summed E-state index contributed by atoms with van der Waals surface area (Å²) in [5.74, 6) is -0.610. The molecule has 0 fully saturated rings. The number of primary amides is 1. The molecule has 3 N–H and O–H groups in total. The molecule has 3 atom stereocenters. The number of nitrogens with one attached hydrogen (secondary N) is 1. The minimum Gasteiger partial charge on any atom is -0.492 e. The van der Waals surface area contributed by atoms with Gasteiger partial charge in [0.1, 0.15) is 12.2 Å². The van der Waals surface area contributed by atoms with Gasteiger partial charge in [0.15, 0.2) is 11.5 Å². The van der Waals surface area contributed by atoms with E-state index in [2.05, 4.69) is 50.4 Å². The summed E-state index contributed by atoms with van der Waals surface area (Å²) >= 11 is 6.57. The van der Waals surface area contributed by atoms with Crippen LogP contribution in [0.2, 0.25) is 5.02 Å². The van der Waals surface area contributed by atoms with Crippen molar-refractivity contribution in [1.82, 2.24) is 5.32 Å². The van der Waals surface area contributed by atoms with Crippen molar-refractivity contribution in [2.75, 3.05) is 38.3 Å². The third kappa shape index (κ3) is 9.72. The molecule has 0 aliphatic carbocycles. The molecule has 0 aromatic heterocycles. The molecule has 254 valence electrons. The Morgan fingerprint density at radius 3 is 2.47 bits per heavy atom. The number of nitrogens with two attached hydrogens (primary N) is 1. The van der Waals surface area contributed by atoms with E-state index in [0.717, 1.165) is 32.4 Å². The van der Waals surface area contributed by atoms with Crippen molar-refractivity contribution >= 4 is 29.1 Å². The molecule has 9 heteroatoms. The Balaban J connectivity index is 1.59. The van der Waals surface area contributed by atoms with Crippen LogP contribution in [0.1, 0.15) is 76.2 Å². The Hall–Kier alpha value is -3.59. The molecule has 0 saturated heterocycles. The Morgan fingerprint density at radius 2 is 1.79 bits per heavy atom. The summed E-state index contributed by atoms with van der Waals surface area (Å²) in [7, 11) is 1.59. The number of methoxy groups -OCH3 is 1. The number of aryl methyl sites for hydroxylation is 1. The fourth-order valence-electron chi connectivity index (χ4n) is 6.07. The highest BCUT2D eigenvalue weighted by atomic mass is 35.5. The maximum absolute atomic E-state index is 14.3. The number of amides is 2. The number of rotatable bonds is 16.